The molecule has 0 radical (unpaired) electrons. The molecule has 0 aliphatic heterocycles. The van der Waals surface area contributed by atoms with Crippen molar-refractivity contribution in [3.63, 3.8) is 0 Å². The molecule has 2 atom stereocenters. The average molecular weight is 253 g/mol. The van der Waals surface area contributed by atoms with Gasteiger partial charge in [0.25, 0.3) is 0 Å². The van der Waals surface area contributed by atoms with Crippen LogP contribution in [0.1, 0.15) is 31.9 Å². The van der Waals surface area contributed by atoms with Gasteiger partial charge in [0.05, 0.1) is 33.0 Å². The van der Waals surface area contributed by atoms with Crippen LogP contribution in [0.4, 0.5) is 0 Å². The highest BCUT2D eigenvalue weighted by atomic mass is 16.5. The summed E-state index contributed by atoms with van der Waals surface area (Å²) in [5, 5.41) is 0. The van der Waals surface area contributed by atoms with Gasteiger partial charge in [-0.2, -0.15) is 0 Å². The molecule has 18 heavy (non-hydrogen) atoms. The summed E-state index contributed by atoms with van der Waals surface area (Å²) < 4.78 is 16.2. The molecule has 0 spiro atoms. The minimum atomic E-state index is -0.218. The number of ether oxygens (including phenoxy) is 3. The van der Waals surface area contributed by atoms with Crippen LogP contribution in [0.2, 0.25) is 0 Å². The van der Waals surface area contributed by atoms with Gasteiger partial charge in [-0.1, -0.05) is 6.92 Å². The Hall–Kier alpha value is -1.26. The third-order valence-electron chi connectivity index (χ3n) is 2.97. The van der Waals surface area contributed by atoms with E-state index in [2.05, 4.69) is 6.92 Å². The van der Waals surface area contributed by atoms with E-state index in [0.717, 1.165) is 23.5 Å². The van der Waals surface area contributed by atoms with Crippen LogP contribution < -0.4 is 15.2 Å². The molecule has 2 unspecified atom stereocenters. The topological polar surface area (TPSA) is 53.7 Å². The lowest BCUT2D eigenvalue weighted by atomic mass is 10.1. The number of nitrogens with two attached hydrogens (primary N) is 1. The predicted octanol–water partition coefficient (Wildman–Crippen LogP) is 2.52. The van der Waals surface area contributed by atoms with Gasteiger partial charge in [0, 0.05) is 5.56 Å². The summed E-state index contributed by atoms with van der Waals surface area (Å²) in [4.78, 5) is 0. The van der Waals surface area contributed by atoms with Gasteiger partial charge in [-0.05, 0) is 31.5 Å². The molecule has 0 amide bonds. The SMILES string of the molecule is CCC(C)OCC(N)c1cc(OC)ccc1OC. The minimum absolute atomic E-state index is 0.215. The third kappa shape index (κ3) is 3.89. The highest BCUT2D eigenvalue weighted by Gasteiger charge is 2.14. The van der Waals surface area contributed by atoms with Crippen LogP contribution in [0.3, 0.4) is 0 Å². The lowest BCUT2D eigenvalue weighted by Gasteiger charge is -2.19. The second-order valence-electron chi connectivity index (χ2n) is 4.27. The van der Waals surface area contributed by atoms with Crippen molar-refractivity contribution in [3.8, 4) is 11.5 Å². The second-order valence-corrected chi connectivity index (χ2v) is 4.27. The Labute approximate surface area is 109 Å². The molecule has 0 heterocycles. The molecule has 0 aliphatic rings. The van der Waals surface area contributed by atoms with E-state index in [9.17, 15) is 0 Å². The van der Waals surface area contributed by atoms with Crippen LogP contribution in [0.5, 0.6) is 11.5 Å². The van der Waals surface area contributed by atoms with Crippen molar-refractivity contribution in [1.82, 2.24) is 0 Å². The van der Waals surface area contributed by atoms with Crippen LogP contribution in [0.25, 0.3) is 0 Å². The van der Waals surface area contributed by atoms with Crippen molar-refractivity contribution in [2.75, 3.05) is 20.8 Å². The molecule has 1 rings (SSSR count). The van der Waals surface area contributed by atoms with E-state index in [0.29, 0.717) is 6.61 Å². The first kappa shape index (κ1) is 14.8. The molecule has 0 aromatic heterocycles. The van der Waals surface area contributed by atoms with Crippen molar-refractivity contribution in [1.29, 1.82) is 0 Å². The van der Waals surface area contributed by atoms with Crippen molar-refractivity contribution < 1.29 is 14.2 Å². The zero-order valence-corrected chi connectivity index (χ0v) is 11.6. The number of hydrogen-bond donors (Lipinski definition) is 1. The fraction of sp³-hybridized carbons (Fsp3) is 0.571. The summed E-state index contributed by atoms with van der Waals surface area (Å²) in [5.74, 6) is 1.53. The van der Waals surface area contributed by atoms with E-state index in [1.807, 2.05) is 25.1 Å². The summed E-state index contributed by atoms with van der Waals surface area (Å²) in [6, 6.07) is 5.38. The maximum absolute atomic E-state index is 6.14. The van der Waals surface area contributed by atoms with E-state index in [-0.39, 0.29) is 12.1 Å². The normalized spacial score (nSPS) is 14.1. The molecule has 0 aliphatic carbocycles. The molecule has 0 fully saturated rings. The molecule has 1 aromatic rings. The third-order valence-corrected chi connectivity index (χ3v) is 2.97. The molecule has 0 saturated heterocycles. The Morgan fingerprint density at radius 2 is 1.94 bits per heavy atom. The zero-order chi connectivity index (χ0) is 13.5. The van der Waals surface area contributed by atoms with Gasteiger partial charge in [-0.25, -0.2) is 0 Å². The lowest BCUT2D eigenvalue weighted by Crippen LogP contribution is -2.21. The second kappa shape index (κ2) is 7.24. The molecule has 0 bridgehead atoms. The van der Waals surface area contributed by atoms with Crippen LogP contribution in [0, 0.1) is 0 Å². The molecule has 102 valence electrons. The first-order valence-corrected chi connectivity index (χ1v) is 6.21. The van der Waals surface area contributed by atoms with Gasteiger partial charge >= 0.3 is 0 Å². The van der Waals surface area contributed by atoms with E-state index in [4.69, 9.17) is 19.9 Å². The molecule has 4 heteroatoms. The average Bonchev–Trinajstić information content (AvgIpc) is 2.43. The summed E-state index contributed by atoms with van der Waals surface area (Å²) in [6.45, 7) is 4.59. The van der Waals surface area contributed by atoms with E-state index >= 15 is 0 Å². The number of methoxy groups -OCH3 is 2. The summed E-state index contributed by atoms with van der Waals surface area (Å²) in [6.07, 6.45) is 1.19. The van der Waals surface area contributed by atoms with Crippen molar-refractivity contribution >= 4 is 0 Å². The van der Waals surface area contributed by atoms with Crippen LogP contribution in [-0.2, 0) is 4.74 Å². The lowest BCUT2D eigenvalue weighted by molar-refractivity contribution is 0.0535. The maximum Gasteiger partial charge on any atom is 0.123 e. The van der Waals surface area contributed by atoms with Crippen LogP contribution in [-0.4, -0.2) is 26.9 Å². The zero-order valence-electron chi connectivity index (χ0n) is 11.6. The number of rotatable bonds is 7. The van der Waals surface area contributed by atoms with Gasteiger partial charge < -0.3 is 19.9 Å². The fourth-order valence-corrected chi connectivity index (χ4v) is 1.60. The van der Waals surface area contributed by atoms with Crippen LogP contribution >= 0.6 is 0 Å². The Kier molecular flexibility index (Phi) is 5.95. The highest BCUT2D eigenvalue weighted by Crippen LogP contribution is 2.28. The van der Waals surface area contributed by atoms with Gasteiger partial charge in [-0.15, -0.1) is 0 Å². The Balaban J connectivity index is 2.78. The summed E-state index contributed by atoms with van der Waals surface area (Å²) in [5.41, 5.74) is 7.04. The summed E-state index contributed by atoms with van der Waals surface area (Å²) in [7, 11) is 3.26. The van der Waals surface area contributed by atoms with Crippen LogP contribution in [0.15, 0.2) is 18.2 Å². The molecular formula is C14H23NO3. The predicted molar refractivity (Wildman–Crippen MR) is 72.2 cm³/mol. The largest absolute Gasteiger partial charge is 0.497 e. The first-order valence-electron chi connectivity index (χ1n) is 6.21. The molecular weight excluding hydrogens is 230 g/mol. The van der Waals surface area contributed by atoms with Gasteiger partial charge in [-0.3, -0.25) is 0 Å². The van der Waals surface area contributed by atoms with Gasteiger partial charge in [0.15, 0.2) is 0 Å². The standard InChI is InChI=1S/C14H23NO3/c1-5-10(2)18-9-13(15)12-8-11(16-3)6-7-14(12)17-4/h6-8,10,13H,5,9,15H2,1-4H3. The number of benzene rings is 1. The smallest absolute Gasteiger partial charge is 0.123 e. The number of hydrogen-bond acceptors (Lipinski definition) is 4. The molecule has 1 aromatic carbocycles. The highest BCUT2D eigenvalue weighted by molar-refractivity contribution is 5.42. The van der Waals surface area contributed by atoms with Crippen molar-refractivity contribution in [2.45, 2.75) is 32.4 Å². The van der Waals surface area contributed by atoms with Crippen molar-refractivity contribution in [3.05, 3.63) is 23.8 Å². The van der Waals surface area contributed by atoms with Gasteiger partial charge in [0.1, 0.15) is 11.5 Å². The Bertz CT molecular complexity index is 368. The maximum atomic E-state index is 6.14. The van der Waals surface area contributed by atoms with E-state index < -0.39 is 0 Å². The monoisotopic (exact) mass is 253 g/mol. The Morgan fingerprint density at radius 3 is 2.50 bits per heavy atom. The molecule has 2 N–H and O–H groups in total. The quantitative estimate of drug-likeness (QED) is 0.811. The molecule has 0 saturated carbocycles. The van der Waals surface area contributed by atoms with E-state index in [1.165, 1.54) is 0 Å². The van der Waals surface area contributed by atoms with E-state index in [1.54, 1.807) is 14.2 Å². The fourth-order valence-electron chi connectivity index (χ4n) is 1.60. The Morgan fingerprint density at radius 1 is 1.22 bits per heavy atom. The summed E-state index contributed by atoms with van der Waals surface area (Å²) >= 11 is 0. The minimum Gasteiger partial charge on any atom is -0.497 e. The van der Waals surface area contributed by atoms with Gasteiger partial charge in [0.2, 0.25) is 0 Å². The van der Waals surface area contributed by atoms with Crippen molar-refractivity contribution in [2.24, 2.45) is 5.73 Å². The first-order chi connectivity index (χ1) is 8.62. The molecule has 4 nitrogen and oxygen atoms in total.